The first-order chi connectivity index (χ1) is 10.1. The summed E-state index contributed by atoms with van der Waals surface area (Å²) in [5, 5.41) is 3.12. The number of nitrogens with one attached hydrogen (secondary N) is 1. The van der Waals surface area contributed by atoms with Crippen molar-refractivity contribution in [1.29, 1.82) is 0 Å². The molecule has 0 atom stereocenters. The van der Waals surface area contributed by atoms with Crippen LogP contribution < -0.4 is 11.1 Å². The minimum Gasteiger partial charge on any atom is -0.458 e. The van der Waals surface area contributed by atoms with Gasteiger partial charge in [-0.25, -0.2) is 0 Å². The van der Waals surface area contributed by atoms with Crippen molar-refractivity contribution in [3.8, 4) is 0 Å². The van der Waals surface area contributed by atoms with E-state index in [1.165, 1.54) is 5.56 Å². The third kappa shape index (κ3) is 5.99. The van der Waals surface area contributed by atoms with E-state index in [0.29, 0.717) is 12.4 Å². The summed E-state index contributed by atoms with van der Waals surface area (Å²) in [6.45, 7) is 7.56. The second kappa shape index (κ2) is 10.7. The van der Waals surface area contributed by atoms with Gasteiger partial charge >= 0.3 is 0 Å². The molecule has 0 spiro atoms. The van der Waals surface area contributed by atoms with Crippen molar-refractivity contribution in [2.24, 2.45) is 0 Å². The van der Waals surface area contributed by atoms with E-state index in [1.54, 1.807) is 13.2 Å². The van der Waals surface area contributed by atoms with Gasteiger partial charge in [0.2, 0.25) is 0 Å². The van der Waals surface area contributed by atoms with Gasteiger partial charge in [-0.2, -0.15) is 6.92 Å². The zero-order valence-electron chi connectivity index (χ0n) is 12.6. The van der Waals surface area contributed by atoms with Crippen LogP contribution in [0.5, 0.6) is 0 Å². The van der Waals surface area contributed by atoms with Gasteiger partial charge in [0.1, 0.15) is 5.82 Å². The van der Waals surface area contributed by atoms with Gasteiger partial charge in [-0.05, 0) is 24.0 Å². The summed E-state index contributed by atoms with van der Waals surface area (Å²) in [6.07, 6.45) is 1.58. The number of hydrogen-bond donors (Lipinski definition) is 2. The standard InChI is InChI=1S/C13H12ClN4O.C2H5.Y/c1-8-2-4-9(5-3-8)6-16-13-11(14)17-10(7-19)12(15)18-13;1-2;/h2-5H,6H2,1H3,(H3,15,16,18);1H2,2H3;/q2*-1;. The van der Waals surface area contributed by atoms with Crippen LogP contribution in [0.15, 0.2) is 24.3 Å². The second-order valence-electron chi connectivity index (χ2n) is 4.04. The van der Waals surface area contributed by atoms with Crippen LogP contribution in [0.1, 0.15) is 23.7 Å². The molecule has 0 aliphatic rings. The Labute approximate surface area is 160 Å². The van der Waals surface area contributed by atoms with Gasteiger partial charge in [-0.3, -0.25) is 4.98 Å². The first kappa shape index (κ1) is 21.0. The molecule has 0 unspecified atom stereocenters. The number of aromatic nitrogens is 2. The largest absolute Gasteiger partial charge is 0.458 e. The summed E-state index contributed by atoms with van der Waals surface area (Å²) in [7, 11) is 0. The molecule has 0 saturated carbocycles. The molecule has 0 bridgehead atoms. The van der Waals surface area contributed by atoms with E-state index < -0.39 is 0 Å². The van der Waals surface area contributed by atoms with Crippen LogP contribution in [0, 0.1) is 13.8 Å². The Balaban J connectivity index is 0.00000141. The Morgan fingerprint density at radius 2 is 1.86 bits per heavy atom. The predicted octanol–water partition coefficient (Wildman–Crippen LogP) is 2.93. The van der Waals surface area contributed by atoms with E-state index in [9.17, 15) is 4.79 Å². The number of benzene rings is 1. The normalized spacial score (nSPS) is 9.09. The van der Waals surface area contributed by atoms with E-state index in [4.69, 9.17) is 17.3 Å². The summed E-state index contributed by atoms with van der Waals surface area (Å²) in [4.78, 5) is 18.3. The molecule has 1 aromatic heterocycles. The third-order valence-corrected chi connectivity index (χ3v) is 2.82. The van der Waals surface area contributed by atoms with Crippen molar-refractivity contribution in [2.75, 3.05) is 11.1 Å². The van der Waals surface area contributed by atoms with Gasteiger partial charge in [-0.1, -0.05) is 41.4 Å². The summed E-state index contributed by atoms with van der Waals surface area (Å²) in [5.41, 5.74) is 7.75. The van der Waals surface area contributed by atoms with Crippen molar-refractivity contribution in [1.82, 2.24) is 9.97 Å². The van der Waals surface area contributed by atoms with Crippen LogP contribution in [0.2, 0.25) is 5.15 Å². The molecule has 1 radical (unpaired) electrons. The molecule has 5 nitrogen and oxygen atoms in total. The maximum atomic E-state index is 10.5. The molecule has 0 fully saturated rings. The average Bonchev–Trinajstić information content (AvgIpc) is 2.51. The number of anilines is 2. The molecule has 2 aromatic rings. The molecule has 115 valence electrons. The number of rotatable bonds is 4. The molecular weight excluding hydrogens is 377 g/mol. The molecular formula is C15H17ClN4OY-2. The van der Waals surface area contributed by atoms with E-state index >= 15 is 0 Å². The van der Waals surface area contributed by atoms with Crippen molar-refractivity contribution >= 4 is 29.5 Å². The summed E-state index contributed by atoms with van der Waals surface area (Å²) >= 11 is 5.90. The van der Waals surface area contributed by atoms with Gasteiger partial charge in [0.05, 0.1) is 0 Å². The Bertz CT molecular complexity index is 605. The Morgan fingerprint density at radius 3 is 2.41 bits per heavy atom. The number of nitrogens with two attached hydrogens (primary N) is 1. The fourth-order valence-electron chi connectivity index (χ4n) is 1.51. The third-order valence-electron chi connectivity index (χ3n) is 2.56. The fraction of sp³-hybridized carbons (Fsp3) is 0.200. The molecule has 1 heterocycles. The Hall–Kier alpha value is -1.04. The minimum absolute atomic E-state index is 0. The molecule has 7 heteroatoms. The fourth-order valence-corrected chi connectivity index (χ4v) is 1.70. The van der Waals surface area contributed by atoms with Gasteiger partial charge in [0.25, 0.3) is 0 Å². The Kier molecular flexibility index (Phi) is 10.1. The van der Waals surface area contributed by atoms with Crippen LogP contribution in [-0.2, 0) is 44.0 Å². The zero-order valence-corrected chi connectivity index (χ0v) is 16.2. The van der Waals surface area contributed by atoms with Gasteiger partial charge in [-0.15, -0.1) is 0 Å². The zero-order chi connectivity index (χ0) is 15.8. The molecule has 22 heavy (non-hydrogen) atoms. The quantitative estimate of drug-likeness (QED) is 0.781. The van der Waals surface area contributed by atoms with Crippen molar-refractivity contribution in [2.45, 2.75) is 20.4 Å². The molecule has 0 aliphatic carbocycles. The molecule has 0 amide bonds. The summed E-state index contributed by atoms with van der Waals surface area (Å²) < 4.78 is 0. The van der Waals surface area contributed by atoms with Crippen molar-refractivity contribution in [3.05, 3.63) is 53.2 Å². The van der Waals surface area contributed by atoms with Gasteiger partial charge in [0.15, 0.2) is 5.15 Å². The topological polar surface area (TPSA) is 80.9 Å². The van der Waals surface area contributed by atoms with Crippen LogP contribution in [-0.4, -0.2) is 16.3 Å². The van der Waals surface area contributed by atoms with E-state index in [1.807, 2.05) is 31.2 Å². The molecule has 3 N–H and O–H groups in total. The van der Waals surface area contributed by atoms with Crippen LogP contribution in [0.25, 0.3) is 0 Å². The number of nitrogen functional groups attached to an aromatic ring is 1. The predicted molar refractivity (Wildman–Crippen MR) is 85.8 cm³/mol. The van der Waals surface area contributed by atoms with Crippen molar-refractivity contribution < 1.29 is 37.5 Å². The second-order valence-corrected chi connectivity index (χ2v) is 4.40. The Morgan fingerprint density at radius 1 is 1.27 bits per heavy atom. The molecule has 0 aliphatic heterocycles. The number of carbonyl (C=O) groups excluding carboxylic acids is 1. The molecule has 2 rings (SSSR count). The molecule has 1 aromatic carbocycles. The van der Waals surface area contributed by atoms with Crippen molar-refractivity contribution in [3.63, 3.8) is 0 Å². The SMILES string of the molecule is Cc1ccc(CNc2nc(N)c([C-]=O)nc2Cl)cc1.[CH2-]C.[Y]. The first-order valence-corrected chi connectivity index (χ1v) is 6.69. The van der Waals surface area contributed by atoms with Crippen LogP contribution in [0.3, 0.4) is 0 Å². The van der Waals surface area contributed by atoms with Gasteiger partial charge < -0.3 is 27.8 Å². The smallest absolute Gasteiger partial charge is 0.167 e. The number of nitrogens with zero attached hydrogens (tertiary/aromatic N) is 2. The maximum absolute atomic E-state index is 10.5. The van der Waals surface area contributed by atoms with E-state index in [0.717, 1.165) is 5.56 Å². The van der Waals surface area contributed by atoms with E-state index in [2.05, 4.69) is 22.2 Å². The molecule has 0 saturated heterocycles. The number of aryl methyl sites for hydroxylation is 1. The number of hydrogen-bond acceptors (Lipinski definition) is 5. The summed E-state index contributed by atoms with van der Waals surface area (Å²) in [5.74, 6) is 0.351. The minimum atomic E-state index is -0.0779. The van der Waals surface area contributed by atoms with Crippen LogP contribution >= 0.6 is 11.6 Å². The number of halogens is 1. The van der Waals surface area contributed by atoms with Crippen LogP contribution in [0.4, 0.5) is 11.6 Å². The first-order valence-electron chi connectivity index (χ1n) is 6.31. The van der Waals surface area contributed by atoms with E-state index in [-0.39, 0.29) is 49.4 Å². The average molecular weight is 394 g/mol. The maximum Gasteiger partial charge on any atom is 0.167 e. The summed E-state index contributed by atoms with van der Waals surface area (Å²) in [6, 6.07) is 8.04. The van der Waals surface area contributed by atoms with Gasteiger partial charge in [0, 0.05) is 45.5 Å². The monoisotopic (exact) mass is 393 g/mol.